The molecular weight excluding hydrogens is 226 g/mol. The number of aryl methyl sites for hydroxylation is 1. The van der Waals surface area contributed by atoms with Crippen molar-refractivity contribution < 1.29 is 13.7 Å². The highest BCUT2D eigenvalue weighted by molar-refractivity contribution is 7.67. The van der Waals surface area contributed by atoms with Crippen molar-refractivity contribution >= 4 is 16.1 Å². The van der Waals surface area contributed by atoms with E-state index in [-0.39, 0.29) is 18.0 Å². The zero-order chi connectivity index (χ0) is 11.4. The Bertz CT molecular complexity index is 500. The molecule has 0 radical (unpaired) electrons. The first-order valence-corrected chi connectivity index (χ1v) is 5.52. The minimum atomic E-state index is 0.255. The largest absolute Gasteiger partial charge is 0.454 e. The predicted octanol–water partition coefficient (Wildman–Crippen LogP) is 1.26. The van der Waals surface area contributed by atoms with Crippen LogP contribution in [0, 0.1) is 11.3 Å². The summed E-state index contributed by atoms with van der Waals surface area (Å²) in [4.78, 5) is 0.303. The molecule has 0 N–H and O–H groups in total. The van der Waals surface area contributed by atoms with Crippen molar-refractivity contribution in [3.63, 3.8) is 0 Å². The van der Waals surface area contributed by atoms with Crippen LogP contribution < -0.4 is 9.47 Å². The maximum Gasteiger partial charge on any atom is 0.231 e. The maximum absolute atomic E-state index is 10.5. The van der Waals surface area contributed by atoms with Crippen molar-refractivity contribution in [1.29, 1.82) is 5.26 Å². The molecule has 0 unspecified atom stereocenters. The molecule has 82 valence electrons. The molecular formula is C11H9NO3S. The lowest BCUT2D eigenvalue weighted by atomic mass is 10.1. The minimum absolute atomic E-state index is 0.255. The molecule has 1 aromatic rings. The van der Waals surface area contributed by atoms with Crippen molar-refractivity contribution in [2.24, 2.45) is 0 Å². The Hall–Kier alpha value is -1.80. The molecule has 0 aliphatic carbocycles. The zero-order valence-electron chi connectivity index (χ0n) is 8.43. The van der Waals surface area contributed by atoms with Gasteiger partial charge in [0.15, 0.2) is 11.5 Å². The van der Waals surface area contributed by atoms with E-state index in [0.29, 0.717) is 17.7 Å². The molecule has 16 heavy (non-hydrogen) atoms. The Balaban J connectivity index is 2.06. The number of benzene rings is 1. The van der Waals surface area contributed by atoms with Crippen LogP contribution in [0.5, 0.6) is 11.5 Å². The number of fused-ring (bicyclic) bond motifs is 1. The van der Waals surface area contributed by atoms with Gasteiger partial charge in [-0.25, -0.2) is 4.21 Å². The van der Waals surface area contributed by atoms with Gasteiger partial charge in [0.05, 0.1) is 0 Å². The second-order valence-electron chi connectivity index (χ2n) is 3.31. The molecule has 0 saturated carbocycles. The predicted molar refractivity (Wildman–Crippen MR) is 59.6 cm³/mol. The van der Waals surface area contributed by atoms with Crippen LogP contribution in [0.4, 0.5) is 0 Å². The molecule has 0 bridgehead atoms. The van der Waals surface area contributed by atoms with E-state index in [9.17, 15) is 4.21 Å². The van der Waals surface area contributed by atoms with E-state index in [2.05, 4.69) is 0 Å². The third kappa shape index (κ3) is 2.23. The van der Waals surface area contributed by atoms with E-state index in [4.69, 9.17) is 14.7 Å². The van der Waals surface area contributed by atoms with Gasteiger partial charge in [-0.3, -0.25) is 0 Å². The Kier molecular flexibility index (Phi) is 3.22. The minimum Gasteiger partial charge on any atom is -0.454 e. The van der Waals surface area contributed by atoms with Crippen molar-refractivity contribution in [3.8, 4) is 17.6 Å². The maximum atomic E-state index is 10.5. The van der Waals surface area contributed by atoms with E-state index in [0.717, 1.165) is 17.1 Å². The average Bonchev–Trinajstić information content (AvgIpc) is 2.77. The van der Waals surface area contributed by atoms with Gasteiger partial charge in [0.1, 0.15) is 22.2 Å². The van der Waals surface area contributed by atoms with E-state index >= 15 is 0 Å². The molecule has 0 atom stereocenters. The number of rotatable bonds is 3. The van der Waals surface area contributed by atoms with Crippen LogP contribution in [0.2, 0.25) is 0 Å². The molecule has 0 aromatic heterocycles. The number of hydrogen-bond donors (Lipinski definition) is 0. The molecule has 1 aromatic carbocycles. The van der Waals surface area contributed by atoms with Crippen LogP contribution in [-0.2, 0) is 17.7 Å². The summed E-state index contributed by atoms with van der Waals surface area (Å²) in [6.45, 7) is 0.255. The summed E-state index contributed by atoms with van der Waals surface area (Å²) >= 11 is 0.264. The Morgan fingerprint density at radius 1 is 1.44 bits per heavy atom. The molecule has 0 spiro atoms. The summed E-state index contributed by atoms with van der Waals surface area (Å²) in [5.74, 6) is 1.47. The Morgan fingerprint density at radius 3 is 3.00 bits per heavy atom. The van der Waals surface area contributed by atoms with Gasteiger partial charge in [-0.15, -0.1) is 0 Å². The van der Waals surface area contributed by atoms with Crippen LogP contribution in [0.3, 0.4) is 0 Å². The molecule has 0 saturated heterocycles. The SMILES string of the molecule is N#CC(CCc1ccc2c(c1)OCO2)=S=O. The van der Waals surface area contributed by atoms with Gasteiger partial charge in [0, 0.05) is 0 Å². The first-order valence-electron chi connectivity index (χ1n) is 4.78. The lowest BCUT2D eigenvalue weighted by Crippen LogP contribution is -1.96. The first kappa shape index (κ1) is 10.7. The topological polar surface area (TPSA) is 59.3 Å². The third-order valence-electron chi connectivity index (χ3n) is 2.30. The lowest BCUT2D eigenvalue weighted by Gasteiger charge is -2.01. The molecule has 1 heterocycles. The van der Waals surface area contributed by atoms with Crippen molar-refractivity contribution in [2.75, 3.05) is 6.79 Å². The Morgan fingerprint density at radius 2 is 2.25 bits per heavy atom. The highest BCUT2D eigenvalue weighted by atomic mass is 32.1. The average molecular weight is 235 g/mol. The number of ether oxygens (including phenoxy) is 2. The molecule has 4 nitrogen and oxygen atoms in total. The number of hydrogen-bond acceptors (Lipinski definition) is 4. The number of nitrogens with zero attached hydrogens (tertiary/aromatic N) is 1. The second-order valence-corrected chi connectivity index (χ2v) is 3.97. The Labute approximate surface area is 96.5 Å². The first-order chi connectivity index (χ1) is 7.83. The molecule has 5 heteroatoms. The highest BCUT2D eigenvalue weighted by Gasteiger charge is 2.13. The summed E-state index contributed by atoms with van der Waals surface area (Å²) in [5, 5.41) is 8.61. The third-order valence-corrected chi connectivity index (χ3v) is 2.80. The fourth-order valence-electron chi connectivity index (χ4n) is 1.47. The van der Waals surface area contributed by atoms with Gasteiger partial charge in [-0.2, -0.15) is 5.26 Å². The van der Waals surface area contributed by atoms with Crippen LogP contribution in [0.15, 0.2) is 18.2 Å². The van der Waals surface area contributed by atoms with Crippen LogP contribution in [0.1, 0.15) is 12.0 Å². The molecule has 1 aliphatic heterocycles. The van der Waals surface area contributed by atoms with Gasteiger partial charge < -0.3 is 9.47 Å². The van der Waals surface area contributed by atoms with E-state index < -0.39 is 0 Å². The molecule has 2 rings (SSSR count). The summed E-state index contributed by atoms with van der Waals surface area (Å²) in [7, 11) is 0. The van der Waals surface area contributed by atoms with E-state index in [1.807, 2.05) is 24.3 Å². The van der Waals surface area contributed by atoms with Crippen molar-refractivity contribution in [3.05, 3.63) is 23.8 Å². The van der Waals surface area contributed by atoms with Crippen LogP contribution >= 0.6 is 0 Å². The van der Waals surface area contributed by atoms with Crippen LogP contribution in [0.25, 0.3) is 0 Å². The van der Waals surface area contributed by atoms with Crippen LogP contribution in [-0.4, -0.2) is 15.9 Å². The van der Waals surface area contributed by atoms with Gasteiger partial charge in [0.2, 0.25) is 6.79 Å². The van der Waals surface area contributed by atoms with Gasteiger partial charge >= 0.3 is 0 Å². The van der Waals surface area contributed by atoms with Crippen molar-refractivity contribution in [1.82, 2.24) is 0 Å². The smallest absolute Gasteiger partial charge is 0.231 e. The second kappa shape index (κ2) is 4.81. The zero-order valence-corrected chi connectivity index (χ0v) is 9.25. The van der Waals surface area contributed by atoms with E-state index in [1.54, 1.807) is 0 Å². The summed E-state index contributed by atoms with van der Waals surface area (Å²) in [6.07, 6.45) is 1.14. The number of nitriles is 1. The fraction of sp³-hybridized carbons (Fsp3) is 0.273. The van der Waals surface area contributed by atoms with Gasteiger partial charge in [-0.05, 0) is 30.5 Å². The summed E-state index contributed by atoms with van der Waals surface area (Å²) < 4.78 is 20.9. The quantitative estimate of drug-likeness (QED) is 0.740. The molecule has 0 fully saturated rings. The lowest BCUT2D eigenvalue weighted by molar-refractivity contribution is 0.174. The normalized spacial score (nSPS) is 11.9. The van der Waals surface area contributed by atoms with Crippen molar-refractivity contribution in [2.45, 2.75) is 12.8 Å². The van der Waals surface area contributed by atoms with Gasteiger partial charge in [0.25, 0.3) is 0 Å². The summed E-state index contributed by atoms with van der Waals surface area (Å²) in [6, 6.07) is 7.52. The standard InChI is InChI=1S/C11H9NO3S/c12-6-9(16-13)3-1-8-2-4-10-11(5-8)15-7-14-10/h2,4-5H,1,3,7H2. The van der Waals surface area contributed by atoms with Gasteiger partial charge in [-0.1, -0.05) is 6.07 Å². The van der Waals surface area contributed by atoms with E-state index in [1.165, 1.54) is 0 Å². The fourth-order valence-corrected chi connectivity index (χ4v) is 1.69. The summed E-state index contributed by atoms with van der Waals surface area (Å²) in [5.41, 5.74) is 1.03. The molecule has 0 amide bonds. The highest BCUT2D eigenvalue weighted by Crippen LogP contribution is 2.32. The monoisotopic (exact) mass is 235 g/mol. The molecule has 1 aliphatic rings.